The van der Waals surface area contributed by atoms with Crippen LogP contribution in [0.4, 0.5) is 0 Å². The Kier molecular flexibility index (Phi) is 18.7. The number of methoxy groups -OCH3 is 4. The predicted octanol–water partition coefficient (Wildman–Crippen LogP) is 4.33. The molecule has 0 saturated carbocycles. The molecule has 0 heterocycles. The van der Waals surface area contributed by atoms with Gasteiger partial charge in [0.1, 0.15) is 0 Å². The minimum Gasteiger partial charge on any atom is -0.357 e. The number of hydrogen-bond donors (Lipinski definition) is 0. The molecule has 0 bridgehead atoms. The first-order chi connectivity index (χ1) is 12.6. The van der Waals surface area contributed by atoms with Crippen LogP contribution in [0.15, 0.2) is 0 Å². The van der Waals surface area contributed by atoms with E-state index in [4.69, 9.17) is 18.9 Å². The monoisotopic (exact) mass is 478 g/mol. The fraction of sp³-hybridized carbons (Fsp3) is 1.00. The van der Waals surface area contributed by atoms with Crippen LogP contribution in [0.3, 0.4) is 0 Å². The summed E-state index contributed by atoms with van der Waals surface area (Å²) in [6.45, 7) is 4.47. The average Bonchev–Trinajstić information content (AvgIpc) is 2.68. The fourth-order valence-corrected chi connectivity index (χ4v) is 14.9. The van der Waals surface area contributed by atoms with Gasteiger partial charge < -0.3 is 18.9 Å². The molecule has 0 N–H and O–H groups in total. The molecule has 0 aromatic rings. The lowest BCUT2D eigenvalue weighted by Crippen LogP contribution is -2.43. The second kappa shape index (κ2) is 17.5. The van der Waals surface area contributed by atoms with E-state index >= 15 is 0 Å². The van der Waals surface area contributed by atoms with Crippen LogP contribution in [-0.2, 0) is 18.9 Å². The molecule has 0 rings (SSSR count). The normalized spacial score (nSPS) is 13.6. The number of ether oxygens (including phenoxy) is 4. The highest BCUT2D eigenvalue weighted by Crippen LogP contribution is 2.45. The van der Waals surface area contributed by atoms with Crippen molar-refractivity contribution < 1.29 is 18.9 Å². The van der Waals surface area contributed by atoms with Crippen LogP contribution in [0.1, 0.15) is 39.5 Å². The van der Waals surface area contributed by atoms with E-state index in [1.165, 1.54) is 37.8 Å². The molecule has 0 unspecified atom stereocenters. The lowest BCUT2D eigenvalue weighted by atomic mass is 10.4. The van der Waals surface area contributed by atoms with Gasteiger partial charge in [-0.15, -0.1) is 0 Å². The maximum Gasteiger partial charge on any atom is 0.153 e. The number of hydrogen-bond acceptors (Lipinski definition) is 8. The van der Waals surface area contributed by atoms with Crippen LogP contribution in [-0.4, -0.2) is 69.8 Å². The summed E-state index contributed by atoms with van der Waals surface area (Å²) in [5.41, 5.74) is -0.651. The highest BCUT2D eigenvalue weighted by molar-refractivity contribution is 9.26. The Morgan fingerprint density at radius 2 is 1.00 bits per heavy atom. The standard InChI is InChI=1S/C16H38O4S4Si2/c1-7-9-11-25-15(17-3,18-4)13-21-23-24-22-14-16(19-5,20-6)26-12-10-8-2/h7-14,25-26H2,1-6H3. The van der Waals surface area contributed by atoms with Crippen molar-refractivity contribution in [1.29, 1.82) is 0 Å². The van der Waals surface area contributed by atoms with Gasteiger partial charge in [0.25, 0.3) is 0 Å². The highest BCUT2D eigenvalue weighted by atomic mass is 33.7. The molecule has 26 heavy (non-hydrogen) atoms. The van der Waals surface area contributed by atoms with Crippen molar-refractivity contribution in [2.45, 2.75) is 62.4 Å². The van der Waals surface area contributed by atoms with Crippen LogP contribution < -0.4 is 0 Å². The third-order valence-corrected chi connectivity index (χ3v) is 16.6. The first-order valence-electron chi connectivity index (χ1n) is 9.36. The van der Waals surface area contributed by atoms with Crippen molar-refractivity contribution in [3.63, 3.8) is 0 Å². The quantitative estimate of drug-likeness (QED) is 0.117. The zero-order valence-corrected chi connectivity index (χ0v) is 23.4. The number of rotatable bonds is 19. The summed E-state index contributed by atoms with van der Waals surface area (Å²) >= 11 is 0. The number of unbranched alkanes of at least 4 members (excludes halogenated alkanes) is 2. The van der Waals surface area contributed by atoms with Crippen molar-refractivity contribution in [2.75, 3.05) is 39.9 Å². The fourth-order valence-electron chi connectivity index (χ4n) is 2.51. The molecule has 0 saturated heterocycles. The molecule has 0 aromatic heterocycles. The van der Waals surface area contributed by atoms with Gasteiger partial charge in [0.05, 0.1) is 30.5 Å². The Bertz CT molecular complexity index is 293. The van der Waals surface area contributed by atoms with Crippen molar-refractivity contribution in [3.05, 3.63) is 0 Å². The third-order valence-electron chi connectivity index (χ3n) is 4.49. The van der Waals surface area contributed by atoms with Crippen LogP contribution in [0.25, 0.3) is 0 Å². The van der Waals surface area contributed by atoms with Gasteiger partial charge in [0, 0.05) is 28.4 Å². The van der Waals surface area contributed by atoms with Gasteiger partial charge in [-0.2, -0.15) is 0 Å². The molecule has 4 nitrogen and oxygen atoms in total. The van der Waals surface area contributed by atoms with E-state index in [0.29, 0.717) is 0 Å². The SMILES string of the molecule is CCCC[SiH2]C(CSSSSCC(OC)(OC)[SiH2]CCCC)(OC)OC. The summed E-state index contributed by atoms with van der Waals surface area (Å²) in [4.78, 5) is 0. The molecule has 0 aliphatic rings. The third kappa shape index (κ3) is 11.6. The summed E-state index contributed by atoms with van der Waals surface area (Å²) in [6, 6.07) is 2.55. The van der Waals surface area contributed by atoms with Crippen molar-refractivity contribution in [2.24, 2.45) is 0 Å². The van der Waals surface area contributed by atoms with E-state index in [2.05, 4.69) is 13.8 Å². The Morgan fingerprint density at radius 1 is 0.654 bits per heavy atom. The topological polar surface area (TPSA) is 36.9 Å². The summed E-state index contributed by atoms with van der Waals surface area (Å²) in [6.07, 6.45) is 5.04. The molecule has 0 fully saturated rings. The molecule has 0 spiro atoms. The van der Waals surface area contributed by atoms with Crippen LogP contribution in [0.5, 0.6) is 0 Å². The molecule has 0 amide bonds. The Morgan fingerprint density at radius 3 is 1.27 bits per heavy atom. The lowest BCUT2D eigenvalue weighted by Gasteiger charge is -2.31. The van der Waals surface area contributed by atoms with E-state index in [-0.39, 0.29) is 10.8 Å². The zero-order chi connectivity index (χ0) is 19.7. The molecule has 158 valence electrons. The van der Waals surface area contributed by atoms with Crippen LogP contribution >= 0.6 is 41.2 Å². The molecule has 0 aromatic carbocycles. The maximum absolute atomic E-state index is 5.74. The molecule has 0 atom stereocenters. The molecule has 0 aliphatic heterocycles. The minimum atomic E-state index is -0.403. The van der Waals surface area contributed by atoms with E-state index in [0.717, 1.165) is 11.5 Å². The molecular weight excluding hydrogens is 441 g/mol. The Labute approximate surface area is 181 Å². The van der Waals surface area contributed by atoms with Crippen LogP contribution in [0.2, 0.25) is 12.1 Å². The smallest absolute Gasteiger partial charge is 0.153 e. The summed E-state index contributed by atoms with van der Waals surface area (Å²) in [5.74, 6) is 1.78. The highest BCUT2D eigenvalue weighted by Gasteiger charge is 2.31. The van der Waals surface area contributed by atoms with Gasteiger partial charge in [-0.1, -0.05) is 73.2 Å². The zero-order valence-electron chi connectivity index (χ0n) is 17.3. The molecule has 0 aliphatic carbocycles. The van der Waals surface area contributed by atoms with Crippen molar-refractivity contribution >= 4 is 60.3 Å². The Balaban J connectivity index is 4.13. The van der Waals surface area contributed by atoms with Gasteiger partial charge in [0.2, 0.25) is 0 Å². The maximum atomic E-state index is 5.74. The van der Waals surface area contributed by atoms with Crippen molar-refractivity contribution in [1.82, 2.24) is 0 Å². The van der Waals surface area contributed by atoms with E-state index < -0.39 is 19.0 Å². The predicted molar refractivity (Wildman–Crippen MR) is 130 cm³/mol. The summed E-state index contributed by atoms with van der Waals surface area (Å²) < 4.78 is 23.0. The molecule has 10 heteroatoms. The van der Waals surface area contributed by atoms with Crippen molar-refractivity contribution in [3.8, 4) is 0 Å². The first-order valence-corrected chi connectivity index (χ1v) is 17.9. The van der Waals surface area contributed by atoms with Gasteiger partial charge >= 0.3 is 0 Å². The van der Waals surface area contributed by atoms with Gasteiger partial charge in [-0.05, 0) is 19.7 Å². The summed E-state index contributed by atoms with van der Waals surface area (Å²) in [5, 5.41) is 0. The minimum absolute atomic E-state index is 0.325. The molecular formula is C16H38O4S4Si2. The first kappa shape index (κ1) is 27.7. The van der Waals surface area contributed by atoms with E-state index in [9.17, 15) is 0 Å². The van der Waals surface area contributed by atoms with Gasteiger partial charge in [0.15, 0.2) is 10.8 Å². The molecule has 0 radical (unpaired) electrons. The second-order valence-corrected chi connectivity index (χ2v) is 16.8. The summed E-state index contributed by atoms with van der Waals surface area (Å²) in [7, 11) is 13.6. The van der Waals surface area contributed by atoms with E-state index in [1.807, 2.05) is 21.6 Å². The van der Waals surface area contributed by atoms with E-state index in [1.54, 1.807) is 48.1 Å². The largest absolute Gasteiger partial charge is 0.357 e. The Hall–Kier alpha value is 1.67. The second-order valence-electron chi connectivity index (χ2n) is 6.21. The van der Waals surface area contributed by atoms with Gasteiger partial charge in [-0.3, -0.25) is 0 Å². The van der Waals surface area contributed by atoms with Crippen LogP contribution in [0, 0.1) is 0 Å². The van der Waals surface area contributed by atoms with Gasteiger partial charge in [-0.25, -0.2) is 0 Å². The lowest BCUT2D eigenvalue weighted by molar-refractivity contribution is -0.127. The average molecular weight is 479 g/mol.